The van der Waals surface area contributed by atoms with Gasteiger partial charge in [0.15, 0.2) is 4.87 Å². The Kier molecular flexibility index (Phi) is 4.91. The van der Waals surface area contributed by atoms with Crippen molar-refractivity contribution < 1.29 is 16.8 Å². The summed E-state index contributed by atoms with van der Waals surface area (Å²) in [5, 5.41) is 7.98. The average Bonchev–Trinajstić information content (AvgIpc) is 3.12. The molecule has 0 amide bonds. The highest BCUT2D eigenvalue weighted by molar-refractivity contribution is 7.91. The molecule has 172 valence electrons. The van der Waals surface area contributed by atoms with E-state index in [-0.39, 0.29) is 25.9 Å². The van der Waals surface area contributed by atoms with Crippen LogP contribution in [0.25, 0.3) is 16.3 Å². The molecule has 4 aromatic carbocycles. The quantitative estimate of drug-likeness (QED) is 0.422. The standard InChI is InChI=1S/C25H21N3O4S2/c1-25(34(27,31)32)24(18-10-9-16-5-2-3-6-17(16)15-18)23-21(28-25)7-4-8-22(23)33(29,30)20-13-11-19(26)12-14-20/h2-15H,26H2,1H3,(H2,27,31,32). The van der Waals surface area contributed by atoms with E-state index in [1.807, 2.05) is 36.4 Å². The van der Waals surface area contributed by atoms with Crippen LogP contribution in [-0.4, -0.2) is 21.7 Å². The summed E-state index contributed by atoms with van der Waals surface area (Å²) >= 11 is 0. The molecule has 34 heavy (non-hydrogen) atoms. The van der Waals surface area contributed by atoms with Gasteiger partial charge in [0.05, 0.1) is 15.1 Å². The van der Waals surface area contributed by atoms with Gasteiger partial charge in [0, 0.05) is 16.5 Å². The Bertz CT molecular complexity index is 1810. The van der Waals surface area contributed by atoms with Gasteiger partial charge in [-0.1, -0.05) is 42.5 Å². The third kappa shape index (κ3) is 3.32. The minimum absolute atomic E-state index is 0.0390. The van der Waals surface area contributed by atoms with Gasteiger partial charge < -0.3 is 5.73 Å². The van der Waals surface area contributed by atoms with Crippen LogP contribution in [0, 0.1) is 0 Å². The summed E-state index contributed by atoms with van der Waals surface area (Å²) < 4.78 is 53.0. The maximum Gasteiger partial charge on any atom is 0.239 e. The van der Waals surface area contributed by atoms with Crippen LogP contribution in [0.15, 0.2) is 99.7 Å². The lowest BCUT2D eigenvalue weighted by atomic mass is 9.96. The summed E-state index contributed by atoms with van der Waals surface area (Å²) in [7, 11) is -8.30. The van der Waals surface area contributed by atoms with Crippen molar-refractivity contribution in [2.24, 2.45) is 10.1 Å². The highest BCUT2D eigenvalue weighted by Gasteiger charge is 2.45. The molecule has 1 heterocycles. The zero-order chi connectivity index (χ0) is 24.3. The first-order valence-electron chi connectivity index (χ1n) is 10.4. The molecule has 1 atom stereocenters. The Hall–Kier alpha value is -3.53. The van der Waals surface area contributed by atoms with Crippen LogP contribution in [0.1, 0.15) is 12.5 Å². The number of nitrogens with zero attached hydrogens (tertiary/aromatic N) is 1. The predicted molar refractivity (Wildman–Crippen MR) is 131 cm³/mol. The van der Waals surface area contributed by atoms with Crippen molar-refractivity contribution in [2.75, 3.05) is 5.73 Å². The van der Waals surface area contributed by atoms with Gasteiger partial charge in [0.1, 0.15) is 0 Å². The minimum atomic E-state index is -4.27. The van der Waals surface area contributed by atoms with Gasteiger partial charge in [0.2, 0.25) is 19.9 Å². The fourth-order valence-corrected chi connectivity index (χ4v) is 6.55. The van der Waals surface area contributed by atoms with Crippen LogP contribution in [-0.2, 0) is 19.9 Å². The summed E-state index contributed by atoms with van der Waals surface area (Å²) in [4.78, 5) is 2.56. The first-order chi connectivity index (χ1) is 16.0. The highest BCUT2D eigenvalue weighted by atomic mass is 32.2. The number of nitrogen functional groups attached to an aromatic ring is 1. The van der Waals surface area contributed by atoms with Gasteiger partial charge in [-0.2, -0.15) is 0 Å². The first-order valence-corrected chi connectivity index (χ1v) is 13.4. The fourth-order valence-electron chi connectivity index (χ4n) is 4.34. The van der Waals surface area contributed by atoms with Crippen molar-refractivity contribution in [1.82, 2.24) is 0 Å². The number of sulfonamides is 1. The Labute approximate surface area is 197 Å². The second-order valence-electron chi connectivity index (χ2n) is 8.30. The second kappa shape index (κ2) is 7.49. The molecule has 0 saturated heterocycles. The molecule has 1 aliphatic rings. The lowest BCUT2D eigenvalue weighted by molar-refractivity contribution is 0.572. The number of benzene rings is 4. The van der Waals surface area contributed by atoms with Crippen LogP contribution in [0.5, 0.6) is 0 Å². The topological polar surface area (TPSA) is 133 Å². The Balaban J connectivity index is 1.93. The van der Waals surface area contributed by atoms with E-state index in [0.29, 0.717) is 11.3 Å². The Morgan fingerprint density at radius 1 is 0.794 bits per heavy atom. The van der Waals surface area contributed by atoms with E-state index in [2.05, 4.69) is 4.99 Å². The minimum Gasteiger partial charge on any atom is -0.399 e. The lowest BCUT2D eigenvalue weighted by Crippen LogP contribution is -2.40. The summed E-state index contributed by atoms with van der Waals surface area (Å²) in [6.45, 7) is 1.40. The zero-order valence-electron chi connectivity index (χ0n) is 18.1. The van der Waals surface area contributed by atoms with Crippen LogP contribution >= 0.6 is 0 Å². The molecule has 4 N–H and O–H groups in total. The van der Waals surface area contributed by atoms with E-state index in [1.54, 1.807) is 18.2 Å². The maximum absolute atomic E-state index is 13.7. The van der Waals surface area contributed by atoms with Gasteiger partial charge in [-0.05, 0) is 65.7 Å². The molecule has 1 aliphatic heterocycles. The molecule has 0 aliphatic carbocycles. The van der Waals surface area contributed by atoms with Crippen LogP contribution in [0.4, 0.5) is 5.69 Å². The summed E-state index contributed by atoms with van der Waals surface area (Å²) in [5.41, 5.74) is 6.91. The van der Waals surface area contributed by atoms with Gasteiger partial charge in [-0.15, -0.1) is 0 Å². The number of anilines is 1. The van der Waals surface area contributed by atoms with E-state index in [4.69, 9.17) is 10.9 Å². The first kappa shape index (κ1) is 22.3. The molecule has 0 bridgehead atoms. The third-order valence-electron chi connectivity index (χ3n) is 6.12. The molecule has 1 unspecified atom stereocenters. The number of fused-ring (bicyclic) bond motifs is 2. The van der Waals surface area contributed by atoms with Crippen molar-refractivity contribution in [1.29, 1.82) is 0 Å². The van der Waals surface area contributed by atoms with Crippen LogP contribution in [0.2, 0.25) is 0 Å². The lowest BCUT2D eigenvalue weighted by Gasteiger charge is -2.23. The molecule has 7 nitrogen and oxygen atoms in total. The number of nitrogens with two attached hydrogens (primary N) is 2. The van der Waals surface area contributed by atoms with Crippen LogP contribution < -0.4 is 21.4 Å². The average molecular weight is 492 g/mol. The molecule has 0 saturated carbocycles. The van der Waals surface area contributed by atoms with E-state index in [9.17, 15) is 16.8 Å². The molecular weight excluding hydrogens is 470 g/mol. The van der Waals surface area contributed by atoms with Crippen molar-refractivity contribution >= 4 is 41.9 Å². The number of sulfone groups is 1. The smallest absolute Gasteiger partial charge is 0.239 e. The number of rotatable bonds is 4. The summed E-state index contributed by atoms with van der Waals surface area (Å²) in [5.74, 6) is 0. The number of hydrogen-bond acceptors (Lipinski definition) is 6. The normalized spacial score (nSPS) is 18.0. The van der Waals surface area contributed by atoms with Gasteiger partial charge >= 0.3 is 0 Å². The van der Waals surface area contributed by atoms with E-state index >= 15 is 0 Å². The molecule has 0 aromatic heterocycles. The van der Waals surface area contributed by atoms with E-state index < -0.39 is 24.7 Å². The Morgan fingerprint density at radius 3 is 2.15 bits per heavy atom. The van der Waals surface area contributed by atoms with E-state index in [0.717, 1.165) is 10.8 Å². The van der Waals surface area contributed by atoms with E-state index in [1.165, 1.54) is 37.3 Å². The molecule has 0 radical (unpaired) electrons. The van der Waals surface area contributed by atoms with Gasteiger partial charge in [-0.3, -0.25) is 4.99 Å². The molecular formula is C25H21N3O4S2. The molecule has 9 heteroatoms. The molecule has 5 rings (SSSR count). The van der Waals surface area contributed by atoms with Gasteiger partial charge in [0.25, 0.3) is 0 Å². The molecule has 0 fully saturated rings. The maximum atomic E-state index is 13.7. The number of hydrogen-bond donors (Lipinski definition) is 2. The number of primary sulfonamides is 1. The highest BCUT2D eigenvalue weighted by Crippen LogP contribution is 2.35. The molecule has 0 spiro atoms. The summed E-state index contributed by atoms with van der Waals surface area (Å²) in [6.07, 6.45) is 0. The molecule has 4 aromatic rings. The van der Waals surface area contributed by atoms with Crippen LogP contribution in [0.3, 0.4) is 0 Å². The third-order valence-corrected chi connectivity index (χ3v) is 9.34. The zero-order valence-corrected chi connectivity index (χ0v) is 19.8. The fraction of sp³-hybridized carbons (Fsp3) is 0.0800. The monoisotopic (exact) mass is 491 g/mol. The Morgan fingerprint density at radius 2 is 1.47 bits per heavy atom. The largest absolute Gasteiger partial charge is 0.399 e. The van der Waals surface area contributed by atoms with Crippen molar-refractivity contribution in [2.45, 2.75) is 21.6 Å². The van der Waals surface area contributed by atoms with Crippen molar-refractivity contribution in [3.05, 3.63) is 101 Å². The SMILES string of the molecule is CC1(S(N)(=O)=O)N=c2cccc(S(=O)(=O)c3ccc(N)cc3)c2=C1c1ccc2ccccc2c1. The summed E-state index contributed by atoms with van der Waals surface area (Å²) in [6, 6.07) is 23.5. The van der Waals surface area contributed by atoms with Crippen molar-refractivity contribution in [3.63, 3.8) is 0 Å². The van der Waals surface area contributed by atoms with Crippen molar-refractivity contribution in [3.8, 4) is 0 Å². The predicted octanol–water partition coefficient (Wildman–Crippen LogP) is 2.09. The second-order valence-corrected chi connectivity index (χ2v) is 12.1. The van der Waals surface area contributed by atoms with Gasteiger partial charge in [-0.25, -0.2) is 22.0 Å².